The number of ether oxygens (including phenoxy) is 1. The Balaban J connectivity index is 2.15. The minimum atomic E-state index is -0.340. The van der Waals surface area contributed by atoms with Crippen LogP contribution in [0.15, 0.2) is 28.1 Å². The minimum absolute atomic E-state index is 0.340. The second-order valence-corrected chi connectivity index (χ2v) is 7.53. The number of aromatic nitrogens is 1. The van der Waals surface area contributed by atoms with Crippen LogP contribution < -0.4 is 10.1 Å². The van der Waals surface area contributed by atoms with E-state index in [4.69, 9.17) is 22.3 Å². The van der Waals surface area contributed by atoms with Crippen LogP contribution in [0.2, 0.25) is 0 Å². The number of halogens is 1. The fourth-order valence-electron chi connectivity index (χ4n) is 3.01. The third-order valence-corrected chi connectivity index (χ3v) is 5.97. The van der Waals surface area contributed by atoms with Gasteiger partial charge in [0.15, 0.2) is 0 Å². The number of rotatable bonds is 5. The van der Waals surface area contributed by atoms with E-state index in [0.29, 0.717) is 5.75 Å². The summed E-state index contributed by atoms with van der Waals surface area (Å²) in [5, 5.41) is 4.24. The van der Waals surface area contributed by atoms with Gasteiger partial charge in [-0.3, -0.25) is 4.99 Å². The molecule has 1 aromatic heterocycles. The molecule has 0 saturated carbocycles. The molecule has 2 heterocycles. The van der Waals surface area contributed by atoms with Crippen molar-refractivity contribution < 1.29 is 9.13 Å². The molecule has 4 nitrogen and oxygen atoms in total. The van der Waals surface area contributed by atoms with Gasteiger partial charge in [0.1, 0.15) is 22.3 Å². The molecule has 0 saturated heterocycles. The Bertz CT molecular complexity index is 850. The zero-order valence-electron chi connectivity index (χ0n) is 15.1. The Morgan fingerprint density at radius 1 is 1.46 bits per heavy atom. The Labute approximate surface area is 162 Å². The van der Waals surface area contributed by atoms with Gasteiger partial charge in [-0.15, -0.1) is 24.0 Å². The molecular weight excluding hydrogens is 369 g/mol. The van der Waals surface area contributed by atoms with Crippen LogP contribution in [-0.2, 0) is 13.0 Å². The van der Waals surface area contributed by atoms with Gasteiger partial charge in [-0.2, -0.15) is 0 Å². The van der Waals surface area contributed by atoms with Crippen LogP contribution >= 0.6 is 24.0 Å². The lowest BCUT2D eigenvalue weighted by Crippen LogP contribution is -2.22. The average molecular weight is 392 g/mol. The molecule has 0 atom stereocenters. The standard InChI is InChI=1S/C19H22FN3OS2/c1-4-15(25)17(12-6-5-11(20)9-14(12)24-3)18(21-2)19-23-13-7-8-22-10-16(13)26-19/h5-6,9,22,25H,4,7-8,10H2,1-3H3/b17-15+,21-18+. The number of hydrogen-bond donors (Lipinski definition) is 2. The van der Waals surface area contributed by atoms with Gasteiger partial charge in [-0.1, -0.05) is 6.92 Å². The second-order valence-electron chi connectivity index (χ2n) is 5.91. The van der Waals surface area contributed by atoms with E-state index in [1.54, 1.807) is 24.5 Å². The number of thiazole rings is 1. The molecule has 1 aromatic carbocycles. The van der Waals surface area contributed by atoms with E-state index in [2.05, 4.69) is 10.3 Å². The molecule has 7 heteroatoms. The first-order valence-corrected chi connectivity index (χ1v) is 9.78. The normalized spacial score (nSPS) is 15.5. The minimum Gasteiger partial charge on any atom is -0.496 e. The second kappa shape index (κ2) is 8.33. The van der Waals surface area contributed by atoms with E-state index in [9.17, 15) is 4.39 Å². The van der Waals surface area contributed by atoms with Crippen LogP contribution in [0, 0.1) is 5.82 Å². The van der Waals surface area contributed by atoms with Gasteiger partial charge in [0, 0.05) is 48.6 Å². The maximum Gasteiger partial charge on any atom is 0.142 e. The fraction of sp³-hybridized carbons (Fsp3) is 0.368. The Hall–Kier alpha value is -1.70. The molecule has 0 aliphatic carbocycles. The summed E-state index contributed by atoms with van der Waals surface area (Å²) in [6.07, 6.45) is 1.65. The smallest absolute Gasteiger partial charge is 0.142 e. The van der Waals surface area contributed by atoms with Crippen LogP contribution in [0.1, 0.15) is 34.5 Å². The van der Waals surface area contributed by atoms with Crippen LogP contribution in [0.5, 0.6) is 5.75 Å². The molecule has 0 amide bonds. The van der Waals surface area contributed by atoms with Crippen LogP contribution in [-0.4, -0.2) is 31.4 Å². The highest BCUT2D eigenvalue weighted by molar-refractivity contribution is 7.84. The molecule has 2 aromatic rings. The maximum atomic E-state index is 13.7. The lowest BCUT2D eigenvalue weighted by molar-refractivity contribution is 0.410. The molecule has 0 spiro atoms. The predicted octanol–water partition coefficient (Wildman–Crippen LogP) is 4.11. The largest absolute Gasteiger partial charge is 0.496 e. The van der Waals surface area contributed by atoms with Gasteiger partial charge < -0.3 is 10.1 Å². The van der Waals surface area contributed by atoms with E-state index >= 15 is 0 Å². The summed E-state index contributed by atoms with van der Waals surface area (Å²) >= 11 is 6.34. The number of fused-ring (bicyclic) bond motifs is 1. The van der Waals surface area contributed by atoms with E-state index in [1.807, 2.05) is 6.92 Å². The number of nitrogens with one attached hydrogen (secondary N) is 1. The third-order valence-electron chi connectivity index (χ3n) is 4.32. The first-order chi connectivity index (χ1) is 12.6. The zero-order valence-corrected chi connectivity index (χ0v) is 16.8. The van der Waals surface area contributed by atoms with E-state index in [-0.39, 0.29) is 5.82 Å². The van der Waals surface area contributed by atoms with E-state index in [0.717, 1.165) is 58.4 Å². The highest BCUT2D eigenvalue weighted by Crippen LogP contribution is 2.36. The Morgan fingerprint density at radius 2 is 2.27 bits per heavy atom. The van der Waals surface area contributed by atoms with Crippen molar-refractivity contribution in [2.75, 3.05) is 20.7 Å². The lowest BCUT2D eigenvalue weighted by Gasteiger charge is -2.16. The van der Waals surface area contributed by atoms with Gasteiger partial charge in [0.2, 0.25) is 0 Å². The molecule has 1 N–H and O–H groups in total. The van der Waals surface area contributed by atoms with E-state index < -0.39 is 0 Å². The number of nitrogens with zero attached hydrogens (tertiary/aromatic N) is 2. The summed E-state index contributed by atoms with van der Waals surface area (Å²) < 4.78 is 19.1. The summed E-state index contributed by atoms with van der Waals surface area (Å²) in [6, 6.07) is 4.53. The number of aliphatic imine (C=N–C) groups is 1. The summed E-state index contributed by atoms with van der Waals surface area (Å²) in [6.45, 7) is 3.81. The zero-order chi connectivity index (χ0) is 18.7. The summed E-state index contributed by atoms with van der Waals surface area (Å²) in [5.74, 6) is 0.122. The van der Waals surface area contributed by atoms with Crippen LogP contribution in [0.25, 0.3) is 5.57 Å². The number of thiol groups is 1. The Kier molecular flexibility index (Phi) is 6.11. The summed E-state index contributed by atoms with van der Waals surface area (Å²) in [4.78, 5) is 11.5. The van der Waals surface area contributed by atoms with Gasteiger partial charge in [-0.25, -0.2) is 9.37 Å². The van der Waals surface area contributed by atoms with Crippen molar-refractivity contribution in [1.29, 1.82) is 0 Å². The first-order valence-electron chi connectivity index (χ1n) is 8.51. The highest BCUT2D eigenvalue weighted by Gasteiger charge is 2.24. The molecule has 1 aliphatic rings. The highest BCUT2D eigenvalue weighted by atomic mass is 32.1. The van der Waals surface area contributed by atoms with Crippen molar-refractivity contribution in [2.24, 2.45) is 4.99 Å². The quantitative estimate of drug-likeness (QED) is 0.596. The van der Waals surface area contributed by atoms with Crippen molar-refractivity contribution in [3.63, 3.8) is 0 Å². The number of allylic oxidation sites excluding steroid dienone is 2. The lowest BCUT2D eigenvalue weighted by atomic mass is 9.98. The molecule has 3 rings (SSSR count). The number of methoxy groups -OCH3 is 1. The fourth-order valence-corrected chi connectivity index (χ4v) is 4.35. The van der Waals surface area contributed by atoms with Gasteiger partial charge in [-0.05, 0) is 23.5 Å². The maximum absolute atomic E-state index is 13.7. The molecule has 138 valence electrons. The SMILES string of the molecule is CC/C(S)=C(\C(=N/C)c1nc2c(s1)CNCC2)c1ccc(F)cc1OC. The number of benzene rings is 1. The monoisotopic (exact) mass is 391 g/mol. The number of hydrogen-bond acceptors (Lipinski definition) is 6. The van der Waals surface area contributed by atoms with Crippen molar-refractivity contribution in [2.45, 2.75) is 26.3 Å². The van der Waals surface area contributed by atoms with Crippen molar-refractivity contribution in [3.05, 3.63) is 50.1 Å². The third kappa shape index (κ3) is 3.70. The van der Waals surface area contributed by atoms with Crippen molar-refractivity contribution in [1.82, 2.24) is 10.3 Å². The van der Waals surface area contributed by atoms with E-state index in [1.165, 1.54) is 24.1 Å². The first kappa shape index (κ1) is 19.1. The van der Waals surface area contributed by atoms with Crippen molar-refractivity contribution >= 4 is 35.3 Å². The van der Waals surface area contributed by atoms with Gasteiger partial charge in [0.25, 0.3) is 0 Å². The molecular formula is C19H22FN3OS2. The van der Waals surface area contributed by atoms with Gasteiger partial charge in [0.05, 0.1) is 12.8 Å². The topological polar surface area (TPSA) is 46.5 Å². The average Bonchev–Trinajstić information content (AvgIpc) is 3.09. The van der Waals surface area contributed by atoms with Crippen molar-refractivity contribution in [3.8, 4) is 5.75 Å². The van der Waals surface area contributed by atoms with Gasteiger partial charge >= 0.3 is 0 Å². The molecule has 0 unspecified atom stereocenters. The molecule has 1 aliphatic heterocycles. The molecule has 0 bridgehead atoms. The molecule has 0 radical (unpaired) electrons. The van der Waals surface area contributed by atoms with Crippen LogP contribution in [0.4, 0.5) is 4.39 Å². The van der Waals surface area contributed by atoms with Crippen LogP contribution in [0.3, 0.4) is 0 Å². The molecule has 0 fully saturated rings. The Morgan fingerprint density at radius 3 is 2.92 bits per heavy atom. The predicted molar refractivity (Wildman–Crippen MR) is 109 cm³/mol. The molecule has 26 heavy (non-hydrogen) atoms. The summed E-state index contributed by atoms with van der Waals surface area (Å²) in [5.41, 5.74) is 3.51. The summed E-state index contributed by atoms with van der Waals surface area (Å²) in [7, 11) is 3.29.